The Kier molecular flexibility index (Phi) is 13.7. The number of benzene rings is 4. The number of hydrogen-bond donors (Lipinski definition) is 4. The Morgan fingerprint density at radius 2 is 1.53 bits per heavy atom. The largest absolute Gasteiger partial charge is 0.386 e. The van der Waals surface area contributed by atoms with Crippen molar-refractivity contribution < 1.29 is 33.1 Å². The number of piperazine rings is 2. The van der Waals surface area contributed by atoms with Gasteiger partial charge in [0.15, 0.2) is 0 Å². The Morgan fingerprint density at radius 1 is 0.829 bits per heavy atom. The second kappa shape index (κ2) is 20.2. The normalized spacial score (nSPS) is 16.0. The van der Waals surface area contributed by atoms with Gasteiger partial charge in [-0.15, -0.1) is 0 Å². The summed E-state index contributed by atoms with van der Waals surface area (Å²) in [5.41, 5.74) is 5.37. The molecular weight excluding hydrogens is 895 g/mol. The number of aliphatic hydroxyl groups is 1. The van der Waals surface area contributed by atoms with Crippen LogP contribution in [0.25, 0.3) is 33.5 Å². The molecule has 0 radical (unpaired) electrons. The first-order valence-corrected chi connectivity index (χ1v) is 23.4. The number of nitrogens with one attached hydrogen (secondary N) is 3. The lowest BCUT2D eigenvalue weighted by Crippen LogP contribution is -2.56. The number of fused-ring (bicyclic) bond motifs is 1. The number of aromatic amines is 1. The summed E-state index contributed by atoms with van der Waals surface area (Å²) in [7, 11) is 0. The van der Waals surface area contributed by atoms with Crippen molar-refractivity contribution in [3.63, 3.8) is 0 Å². The second-order valence-corrected chi connectivity index (χ2v) is 18.4. The maximum absolute atomic E-state index is 15.2. The Bertz CT molecular complexity index is 3020. The molecule has 0 atom stereocenters. The molecule has 15 nitrogen and oxygen atoms in total. The van der Waals surface area contributed by atoms with E-state index in [9.17, 15) is 24.3 Å². The van der Waals surface area contributed by atoms with Crippen LogP contribution in [0.4, 0.5) is 29.7 Å². The van der Waals surface area contributed by atoms with E-state index < -0.39 is 29.2 Å². The molecule has 4 aromatic carbocycles. The number of hydrogen-bond acceptors (Lipinski definition) is 9. The Hall–Kier alpha value is -7.52. The highest BCUT2D eigenvalue weighted by Crippen LogP contribution is 2.35. The molecule has 4 N–H and O–H groups in total. The van der Waals surface area contributed by atoms with E-state index in [1.54, 1.807) is 11.8 Å². The molecule has 6 aromatic rings. The molecule has 9 rings (SSSR count). The van der Waals surface area contributed by atoms with Crippen LogP contribution < -0.4 is 15.5 Å². The lowest BCUT2D eigenvalue weighted by Gasteiger charge is -2.40. The quantitative estimate of drug-likeness (QED) is 0.105. The van der Waals surface area contributed by atoms with Gasteiger partial charge in [0, 0.05) is 118 Å². The average Bonchev–Trinajstić information content (AvgIpc) is 3.79. The Morgan fingerprint density at radius 3 is 2.20 bits per heavy atom. The summed E-state index contributed by atoms with van der Waals surface area (Å²) in [4.78, 5) is 72.8. The number of imide groups is 1. The molecule has 70 heavy (non-hydrogen) atoms. The molecule has 0 aliphatic carbocycles. The molecule has 3 saturated heterocycles. The molecule has 360 valence electrons. The first-order valence-electron chi connectivity index (χ1n) is 23.4. The van der Waals surface area contributed by atoms with Crippen molar-refractivity contribution in [3.8, 4) is 34.4 Å². The molecular formula is C53H54F2N10O5. The number of H-pyrrole nitrogens is 1. The van der Waals surface area contributed by atoms with Gasteiger partial charge in [-0.1, -0.05) is 42.2 Å². The smallest absolute Gasteiger partial charge is 0.328 e. The molecule has 2 aromatic heterocycles. The minimum atomic E-state index is -1.29. The third-order valence-electron chi connectivity index (χ3n) is 13.2. The number of carbonyl (C=O) groups is 4. The van der Waals surface area contributed by atoms with Crippen molar-refractivity contribution in [2.75, 3.05) is 75.7 Å². The zero-order chi connectivity index (χ0) is 49.1. The number of halogens is 2. The highest BCUT2D eigenvalue weighted by molar-refractivity contribution is 6.06. The van der Waals surface area contributed by atoms with Crippen LogP contribution in [-0.4, -0.2) is 129 Å². The predicted molar refractivity (Wildman–Crippen MR) is 263 cm³/mol. The number of nitrogens with zero attached hydrogens (tertiary/aromatic N) is 7. The molecule has 3 aliphatic rings. The van der Waals surface area contributed by atoms with Gasteiger partial charge in [0.2, 0.25) is 5.91 Å². The number of carbonyl (C=O) groups excluding carboxylic acids is 4. The van der Waals surface area contributed by atoms with Crippen LogP contribution in [0.15, 0.2) is 91.3 Å². The number of aromatic nitrogens is 3. The van der Waals surface area contributed by atoms with E-state index in [2.05, 4.69) is 59.4 Å². The average molecular weight is 949 g/mol. The van der Waals surface area contributed by atoms with E-state index in [0.29, 0.717) is 72.6 Å². The monoisotopic (exact) mass is 948 g/mol. The van der Waals surface area contributed by atoms with Crippen LogP contribution in [0.2, 0.25) is 0 Å². The second-order valence-electron chi connectivity index (χ2n) is 18.4. The number of rotatable bonds is 10. The van der Waals surface area contributed by atoms with E-state index >= 15 is 8.78 Å². The summed E-state index contributed by atoms with van der Waals surface area (Å²) < 4.78 is 30.2. The zero-order valence-electron chi connectivity index (χ0n) is 39.3. The fourth-order valence-corrected chi connectivity index (χ4v) is 9.06. The first-order chi connectivity index (χ1) is 33.7. The molecule has 0 bridgehead atoms. The minimum Gasteiger partial charge on any atom is -0.386 e. The van der Waals surface area contributed by atoms with Crippen LogP contribution >= 0.6 is 0 Å². The van der Waals surface area contributed by atoms with Gasteiger partial charge in [-0.05, 0) is 97.6 Å². The standard InChI is InChI=1S/C53H54F2N10O5/c1-34-42(29-39(54)30-45(34)59-50(67)41-16-13-38(28-44(41)55)53(2,3)70)48-43-31-46(58-49(43)57-33-56-48)37-11-7-36(8-12-37)32-62-22-26-64(27-23-62)52(69)63-24-20-61(21-25-63)18-5-4-6-35-9-14-40(15-10-35)65-19-17-47(66)60-51(65)68/h7-16,28-31,33,70H,5,17-27,32H2,1-3H3,(H,59,67)(H,56,57,58)(H,60,66,68). The zero-order valence-corrected chi connectivity index (χ0v) is 39.3. The van der Waals surface area contributed by atoms with Crippen LogP contribution in [0, 0.1) is 30.4 Å². The third-order valence-corrected chi connectivity index (χ3v) is 13.2. The maximum Gasteiger partial charge on any atom is 0.328 e. The molecule has 0 unspecified atom stereocenters. The molecule has 0 spiro atoms. The Labute approximate surface area is 404 Å². The van der Waals surface area contributed by atoms with Crippen LogP contribution in [0.3, 0.4) is 0 Å². The summed E-state index contributed by atoms with van der Waals surface area (Å²) >= 11 is 0. The summed E-state index contributed by atoms with van der Waals surface area (Å²) in [6, 6.07) is 23.7. The van der Waals surface area contributed by atoms with Crippen molar-refractivity contribution in [2.24, 2.45) is 0 Å². The molecule has 3 fully saturated rings. The summed E-state index contributed by atoms with van der Waals surface area (Å²) in [5.74, 6) is 4.01. The summed E-state index contributed by atoms with van der Waals surface area (Å²) in [6.07, 6.45) is 2.38. The topological polar surface area (TPSA) is 170 Å². The molecule has 3 aliphatic heterocycles. The lowest BCUT2D eigenvalue weighted by molar-refractivity contribution is -0.120. The third kappa shape index (κ3) is 10.7. The molecule has 5 heterocycles. The van der Waals surface area contributed by atoms with E-state index in [0.717, 1.165) is 73.4 Å². The fourth-order valence-electron chi connectivity index (χ4n) is 9.06. The van der Waals surface area contributed by atoms with Gasteiger partial charge in [0.25, 0.3) is 5.91 Å². The van der Waals surface area contributed by atoms with Crippen molar-refractivity contribution in [3.05, 3.63) is 131 Å². The van der Waals surface area contributed by atoms with Crippen molar-refractivity contribution >= 4 is 46.3 Å². The van der Waals surface area contributed by atoms with E-state index in [-0.39, 0.29) is 29.6 Å². The van der Waals surface area contributed by atoms with Crippen molar-refractivity contribution in [1.82, 2.24) is 39.9 Å². The highest BCUT2D eigenvalue weighted by atomic mass is 19.1. The van der Waals surface area contributed by atoms with E-state index in [4.69, 9.17) is 0 Å². The van der Waals surface area contributed by atoms with Crippen molar-refractivity contribution in [1.29, 1.82) is 0 Å². The highest BCUT2D eigenvalue weighted by Gasteiger charge is 2.29. The molecule has 17 heteroatoms. The van der Waals surface area contributed by atoms with Gasteiger partial charge in [-0.2, -0.15) is 0 Å². The number of anilines is 2. The lowest BCUT2D eigenvalue weighted by atomic mass is 9.96. The van der Waals surface area contributed by atoms with Gasteiger partial charge in [-0.25, -0.2) is 28.3 Å². The van der Waals surface area contributed by atoms with E-state index in [1.807, 2.05) is 52.3 Å². The van der Waals surface area contributed by atoms with Gasteiger partial charge in [-0.3, -0.25) is 29.6 Å². The molecule has 6 amide bonds. The summed E-state index contributed by atoms with van der Waals surface area (Å²) in [5, 5.41) is 15.9. The predicted octanol–water partition coefficient (Wildman–Crippen LogP) is 7.10. The van der Waals surface area contributed by atoms with Gasteiger partial charge >= 0.3 is 12.1 Å². The van der Waals surface area contributed by atoms with Crippen LogP contribution in [0.1, 0.15) is 59.3 Å². The molecule has 0 saturated carbocycles. The van der Waals surface area contributed by atoms with Gasteiger partial charge < -0.3 is 25.2 Å². The first kappa shape index (κ1) is 47.5. The van der Waals surface area contributed by atoms with Crippen molar-refractivity contribution in [2.45, 2.75) is 45.8 Å². The number of urea groups is 2. The Balaban J connectivity index is 0.744. The van der Waals surface area contributed by atoms with Crippen LogP contribution in [0.5, 0.6) is 0 Å². The SMILES string of the molecule is Cc1c(NC(=O)c2ccc(C(C)(C)O)cc2F)cc(F)cc1-c1ncnc2[nH]c(-c3ccc(CN4CCN(C(=O)N5CCN(CCC#Cc6ccc(N7CCC(=O)NC7=O)cc6)CC5)CC4)cc3)cc12. The van der Waals surface area contributed by atoms with Crippen LogP contribution in [-0.2, 0) is 16.9 Å². The van der Waals surface area contributed by atoms with Gasteiger partial charge in [0.05, 0.1) is 16.9 Å². The van der Waals surface area contributed by atoms with E-state index in [1.165, 1.54) is 44.4 Å². The maximum atomic E-state index is 15.2. The summed E-state index contributed by atoms with van der Waals surface area (Å²) in [6.45, 7) is 12.5. The fraction of sp³-hybridized carbons (Fsp3) is 0.321. The minimum absolute atomic E-state index is 0.0917. The number of amides is 6. The van der Waals surface area contributed by atoms with Gasteiger partial charge in [0.1, 0.15) is 23.6 Å².